The number of hydrogen-bond acceptors (Lipinski definition) is 3. The fraction of sp³-hybridized carbons (Fsp3) is 0.154. The lowest BCUT2D eigenvalue weighted by atomic mass is 10.2. The fourth-order valence-electron chi connectivity index (χ4n) is 1.46. The molecule has 1 heterocycles. The van der Waals surface area contributed by atoms with Gasteiger partial charge in [-0.3, -0.25) is 9.63 Å². The summed E-state index contributed by atoms with van der Waals surface area (Å²) in [6.07, 6.45) is 0. The van der Waals surface area contributed by atoms with Crippen LogP contribution in [0.3, 0.4) is 0 Å². The molecule has 1 aromatic heterocycles. The summed E-state index contributed by atoms with van der Waals surface area (Å²) in [6.45, 7) is 0. The smallest absolute Gasteiger partial charge is 0.274 e. The van der Waals surface area contributed by atoms with Crippen molar-refractivity contribution in [3.63, 3.8) is 0 Å². The molecule has 2 rings (SSSR count). The number of hydroxylamine groups is 2. The zero-order chi connectivity index (χ0) is 13.1. The van der Waals surface area contributed by atoms with Gasteiger partial charge in [0.15, 0.2) is 0 Å². The highest BCUT2D eigenvalue weighted by Gasteiger charge is 2.14. The first kappa shape index (κ1) is 13.1. The van der Waals surface area contributed by atoms with E-state index in [0.29, 0.717) is 9.90 Å². The maximum atomic E-state index is 11.9. The Balaban J connectivity index is 2.25. The molecular weight excluding hydrogens is 270 g/mol. The van der Waals surface area contributed by atoms with Gasteiger partial charge in [0.25, 0.3) is 5.91 Å². The number of halogens is 1. The van der Waals surface area contributed by atoms with Gasteiger partial charge in [-0.2, -0.15) is 0 Å². The second-order valence-corrected chi connectivity index (χ2v) is 5.18. The van der Waals surface area contributed by atoms with Crippen LogP contribution in [-0.2, 0) is 4.84 Å². The second kappa shape index (κ2) is 5.52. The summed E-state index contributed by atoms with van der Waals surface area (Å²) in [6, 6.07) is 11.3. The van der Waals surface area contributed by atoms with Gasteiger partial charge in [0.05, 0.1) is 12.0 Å². The van der Waals surface area contributed by atoms with E-state index in [-0.39, 0.29) is 5.91 Å². The van der Waals surface area contributed by atoms with Crippen molar-refractivity contribution in [2.45, 2.75) is 0 Å². The molecule has 94 valence electrons. The van der Waals surface area contributed by atoms with Gasteiger partial charge in [-0.25, -0.2) is 5.06 Å². The third-order valence-electron chi connectivity index (χ3n) is 2.51. The first-order valence-electron chi connectivity index (χ1n) is 5.30. The third-order valence-corrected chi connectivity index (χ3v) is 3.88. The molecule has 0 spiro atoms. The van der Waals surface area contributed by atoms with Gasteiger partial charge in [0, 0.05) is 16.9 Å². The fourth-order valence-corrected chi connectivity index (χ4v) is 2.57. The van der Waals surface area contributed by atoms with Gasteiger partial charge in [0.2, 0.25) is 0 Å². The SMILES string of the molecule is CON(C)C(=O)c1ccc(-c2ccc(Cl)cc2)s1. The van der Waals surface area contributed by atoms with Crippen LogP contribution in [0.2, 0.25) is 5.02 Å². The zero-order valence-corrected chi connectivity index (χ0v) is 11.6. The quantitative estimate of drug-likeness (QED) is 0.803. The van der Waals surface area contributed by atoms with Crippen LogP contribution in [0.5, 0.6) is 0 Å². The van der Waals surface area contributed by atoms with Crippen molar-refractivity contribution in [1.29, 1.82) is 0 Å². The highest BCUT2D eigenvalue weighted by molar-refractivity contribution is 7.17. The Bertz CT molecular complexity index is 550. The molecule has 0 saturated heterocycles. The van der Waals surface area contributed by atoms with E-state index < -0.39 is 0 Å². The molecule has 0 unspecified atom stereocenters. The van der Waals surface area contributed by atoms with Gasteiger partial charge >= 0.3 is 0 Å². The van der Waals surface area contributed by atoms with Crippen molar-refractivity contribution in [1.82, 2.24) is 5.06 Å². The van der Waals surface area contributed by atoms with Crippen LogP contribution in [-0.4, -0.2) is 25.1 Å². The van der Waals surface area contributed by atoms with E-state index in [0.717, 1.165) is 10.4 Å². The highest BCUT2D eigenvalue weighted by Crippen LogP contribution is 2.29. The Labute approximate surface area is 115 Å². The van der Waals surface area contributed by atoms with Crippen LogP contribution in [0.4, 0.5) is 0 Å². The topological polar surface area (TPSA) is 29.5 Å². The molecule has 0 aliphatic heterocycles. The van der Waals surface area contributed by atoms with Gasteiger partial charge in [0.1, 0.15) is 0 Å². The number of amides is 1. The van der Waals surface area contributed by atoms with E-state index in [9.17, 15) is 4.79 Å². The van der Waals surface area contributed by atoms with E-state index in [4.69, 9.17) is 16.4 Å². The number of nitrogens with zero attached hydrogens (tertiary/aromatic N) is 1. The van der Waals surface area contributed by atoms with E-state index in [2.05, 4.69) is 0 Å². The Morgan fingerprint density at radius 2 is 1.89 bits per heavy atom. The zero-order valence-electron chi connectivity index (χ0n) is 10.0. The van der Waals surface area contributed by atoms with Crippen molar-refractivity contribution in [2.24, 2.45) is 0 Å². The van der Waals surface area contributed by atoms with Crippen LogP contribution in [0.15, 0.2) is 36.4 Å². The summed E-state index contributed by atoms with van der Waals surface area (Å²) in [4.78, 5) is 18.4. The monoisotopic (exact) mass is 281 g/mol. The average molecular weight is 282 g/mol. The second-order valence-electron chi connectivity index (χ2n) is 3.66. The van der Waals surface area contributed by atoms with Crippen LogP contribution >= 0.6 is 22.9 Å². The van der Waals surface area contributed by atoms with Crippen LogP contribution in [0, 0.1) is 0 Å². The van der Waals surface area contributed by atoms with Crippen LogP contribution in [0.1, 0.15) is 9.67 Å². The maximum absolute atomic E-state index is 11.9. The summed E-state index contributed by atoms with van der Waals surface area (Å²) in [7, 11) is 3.05. The molecule has 5 heteroatoms. The molecule has 0 aliphatic carbocycles. The van der Waals surface area contributed by atoms with Gasteiger partial charge in [-0.05, 0) is 29.8 Å². The van der Waals surface area contributed by atoms with Gasteiger partial charge < -0.3 is 0 Å². The molecule has 0 N–H and O–H groups in total. The average Bonchev–Trinajstić information content (AvgIpc) is 2.87. The molecule has 0 fully saturated rings. The van der Waals surface area contributed by atoms with Gasteiger partial charge in [-0.15, -0.1) is 11.3 Å². The number of thiophene rings is 1. The number of carbonyl (C=O) groups is 1. The Morgan fingerprint density at radius 3 is 2.50 bits per heavy atom. The minimum absolute atomic E-state index is 0.150. The van der Waals surface area contributed by atoms with Crippen LogP contribution < -0.4 is 0 Å². The Morgan fingerprint density at radius 1 is 1.22 bits per heavy atom. The predicted molar refractivity (Wildman–Crippen MR) is 73.9 cm³/mol. The van der Waals surface area contributed by atoms with E-state index in [1.54, 1.807) is 13.1 Å². The standard InChI is InChI=1S/C13H12ClNO2S/c1-15(17-2)13(16)12-8-7-11(18-12)9-3-5-10(14)6-4-9/h3-8H,1-2H3. The van der Waals surface area contributed by atoms with Crippen molar-refractivity contribution < 1.29 is 9.63 Å². The lowest BCUT2D eigenvalue weighted by Crippen LogP contribution is -2.24. The summed E-state index contributed by atoms with van der Waals surface area (Å²) in [5.41, 5.74) is 1.04. The van der Waals surface area contributed by atoms with Crippen molar-refractivity contribution in [3.8, 4) is 10.4 Å². The molecule has 1 aromatic carbocycles. The van der Waals surface area contributed by atoms with Crippen molar-refractivity contribution in [3.05, 3.63) is 46.3 Å². The molecule has 18 heavy (non-hydrogen) atoms. The molecule has 2 aromatic rings. The molecule has 0 aliphatic rings. The largest absolute Gasteiger partial charge is 0.287 e. The minimum atomic E-state index is -0.150. The van der Waals surface area contributed by atoms with E-state index in [1.807, 2.05) is 30.3 Å². The number of carbonyl (C=O) groups excluding carboxylic acids is 1. The third kappa shape index (κ3) is 2.72. The van der Waals surface area contributed by atoms with Crippen molar-refractivity contribution in [2.75, 3.05) is 14.2 Å². The number of hydrogen-bond donors (Lipinski definition) is 0. The molecule has 3 nitrogen and oxygen atoms in total. The summed E-state index contributed by atoms with van der Waals surface area (Å²) in [5, 5.41) is 1.91. The molecule has 0 saturated carbocycles. The summed E-state index contributed by atoms with van der Waals surface area (Å²) in [5.74, 6) is -0.150. The normalized spacial score (nSPS) is 10.4. The van der Waals surface area contributed by atoms with E-state index in [1.165, 1.54) is 23.5 Å². The van der Waals surface area contributed by atoms with Crippen LogP contribution in [0.25, 0.3) is 10.4 Å². The molecular formula is C13H12ClNO2S. The highest BCUT2D eigenvalue weighted by atomic mass is 35.5. The summed E-state index contributed by atoms with van der Waals surface area (Å²) >= 11 is 7.27. The minimum Gasteiger partial charge on any atom is -0.274 e. The molecule has 0 atom stereocenters. The van der Waals surface area contributed by atoms with Gasteiger partial charge in [-0.1, -0.05) is 23.7 Å². The summed E-state index contributed by atoms with van der Waals surface area (Å²) < 4.78 is 0. The number of benzene rings is 1. The predicted octanol–water partition coefficient (Wildman–Crippen LogP) is 3.70. The lowest BCUT2D eigenvalue weighted by Gasteiger charge is -2.11. The Kier molecular flexibility index (Phi) is 4.01. The molecule has 0 bridgehead atoms. The van der Waals surface area contributed by atoms with Crippen molar-refractivity contribution >= 4 is 28.8 Å². The van der Waals surface area contributed by atoms with E-state index >= 15 is 0 Å². The lowest BCUT2D eigenvalue weighted by molar-refractivity contribution is -0.0753. The molecule has 1 amide bonds. The first-order chi connectivity index (χ1) is 8.61. The maximum Gasteiger partial charge on any atom is 0.287 e. The number of rotatable bonds is 3. The molecule has 0 radical (unpaired) electrons. The Hall–Kier alpha value is -1.36. The first-order valence-corrected chi connectivity index (χ1v) is 6.49.